The fourth-order valence-corrected chi connectivity index (χ4v) is 2.35. The number of hydrogen-bond donors (Lipinski definition) is 0. The fourth-order valence-electron chi connectivity index (χ4n) is 2.35. The van der Waals surface area contributed by atoms with Crippen molar-refractivity contribution in [3.63, 3.8) is 0 Å². The second kappa shape index (κ2) is 8.87. The van der Waals surface area contributed by atoms with Crippen LogP contribution >= 0.6 is 0 Å². The summed E-state index contributed by atoms with van der Waals surface area (Å²) in [7, 11) is 1.58. The molecule has 0 aliphatic heterocycles. The zero-order chi connectivity index (χ0) is 18.2. The van der Waals surface area contributed by atoms with Crippen LogP contribution in [0.1, 0.15) is 24.2 Å². The molecule has 1 aromatic heterocycles. The second-order valence-electron chi connectivity index (χ2n) is 5.81. The minimum absolute atomic E-state index is 0.0971. The Bertz CT molecular complexity index is 807. The number of carbonyl (C=O) groups excluding carboxylic acids is 1. The van der Waals surface area contributed by atoms with E-state index in [-0.39, 0.29) is 18.6 Å². The molecule has 0 spiro atoms. The molecule has 2 aromatic rings. The number of hydrogen-bond acceptors (Lipinski definition) is 4. The molecule has 132 valence electrons. The number of aromatic nitrogens is 1. The number of ether oxygens (including phenoxy) is 2. The summed E-state index contributed by atoms with van der Waals surface area (Å²) in [5.41, 5.74) is 1.68. The molecule has 0 aliphatic carbocycles. The van der Waals surface area contributed by atoms with Crippen molar-refractivity contribution in [2.24, 2.45) is 4.99 Å². The lowest BCUT2D eigenvalue weighted by Gasteiger charge is -2.12. The fraction of sp³-hybridized carbons (Fsp3) is 0.300. The zero-order valence-corrected chi connectivity index (χ0v) is 14.9. The molecular weight excluding hydrogens is 316 g/mol. The maximum Gasteiger partial charge on any atom is 0.270 e. The van der Waals surface area contributed by atoms with Gasteiger partial charge in [-0.3, -0.25) is 14.4 Å². The third-order valence-electron chi connectivity index (χ3n) is 3.46. The van der Waals surface area contributed by atoms with Crippen LogP contribution in [0.3, 0.4) is 0 Å². The topological polar surface area (TPSA) is 52.8 Å². The van der Waals surface area contributed by atoms with Crippen LogP contribution in [0.4, 0.5) is 0 Å². The SMILES string of the molecule is C=CCc1ccc(OCC(=O)n2ccccc2=NC(C)C)c(OC)c1. The number of carbonyl (C=O) groups is 1. The van der Waals surface area contributed by atoms with Crippen molar-refractivity contribution in [1.29, 1.82) is 0 Å². The quantitative estimate of drug-likeness (QED) is 0.727. The first-order valence-electron chi connectivity index (χ1n) is 8.20. The molecule has 0 atom stereocenters. The highest BCUT2D eigenvalue weighted by molar-refractivity contribution is 5.80. The van der Waals surface area contributed by atoms with E-state index in [9.17, 15) is 4.79 Å². The van der Waals surface area contributed by atoms with Crippen LogP contribution in [0.2, 0.25) is 0 Å². The molecule has 0 amide bonds. The largest absolute Gasteiger partial charge is 0.493 e. The van der Waals surface area contributed by atoms with Crippen molar-refractivity contribution in [3.05, 3.63) is 66.3 Å². The Morgan fingerprint density at radius 3 is 2.76 bits per heavy atom. The van der Waals surface area contributed by atoms with E-state index in [4.69, 9.17) is 9.47 Å². The molecule has 0 unspecified atom stereocenters. The van der Waals surface area contributed by atoms with Gasteiger partial charge in [0.2, 0.25) is 0 Å². The second-order valence-corrected chi connectivity index (χ2v) is 5.81. The maximum absolute atomic E-state index is 12.5. The van der Waals surface area contributed by atoms with Gasteiger partial charge < -0.3 is 9.47 Å². The number of allylic oxidation sites excluding steroid dienone is 1. The van der Waals surface area contributed by atoms with Crippen LogP contribution in [0, 0.1) is 0 Å². The Labute approximate surface area is 148 Å². The lowest BCUT2D eigenvalue weighted by Crippen LogP contribution is -2.31. The van der Waals surface area contributed by atoms with E-state index in [1.807, 2.05) is 44.2 Å². The van der Waals surface area contributed by atoms with Crippen LogP contribution < -0.4 is 15.0 Å². The van der Waals surface area contributed by atoms with E-state index in [0.717, 1.165) is 12.0 Å². The van der Waals surface area contributed by atoms with E-state index in [0.29, 0.717) is 17.0 Å². The molecular formula is C20H24N2O3. The van der Waals surface area contributed by atoms with Crippen LogP contribution in [0.15, 0.2) is 60.2 Å². The van der Waals surface area contributed by atoms with Gasteiger partial charge in [0.15, 0.2) is 18.1 Å². The predicted molar refractivity (Wildman–Crippen MR) is 98.1 cm³/mol. The first kappa shape index (κ1) is 18.5. The number of nitrogens with zero attached hydrogens (tertiary/aromatic N) is 2. The van der Waals surface area contributed by atoms with Gasteiger partial charge >= 0.3 is 0 Å². The predicted octanol–water partition coefficient (Wildman–Crippen LogP) is 3.25. The maximum atomic E-state index is 12.5. The Morgan fingerprint density at radius 2 is 2.08 bits per heavy atom. The smallest absolute Gasteiger partial charge is 0.270 e. The summed E-state index contributed by atoms with van der Waals surface area (Å²) >= 11 is 0. The summed E-state index contributed by atoms with van der Waals surface area (Å²) in [5.74, 6) is 0.928. The van der Waals surface area contributed by atoms with Crippen LogP contribution in [0.25, 0.3) is 0 Å². The molecule has 2 rings (SSSR count). The Balaban J connectivity index is 2.17. The number of methoxy groups -OCH3 is 1. The molecule has 5 heteroatoms. The molecule has 5 nitrogen and oxygen atoms in total. The van der Waals surface area contributed by atoms with Crippen molar-refractivity contribution in [3.8, 4) is 11.5 Å². The first-order valence-corrected chi connectivity index (χ1v) is 8.20. The van der Waals surface area contributed by atoms with E-state index < -0.39 is 0 Å². The summed E-state index contributed by atoms with van der Waals surface area (Å²) in [6, 6.07) is 11.2. The summed E-state index contributed by atoms with van der Waals surface area (Å²) in [6.07, 6.45) is 4.26. The molecule has 0 N–H and O–H groups in total. The zero-order valence-electron chi connectivity index (χ0n) is 14.9. The molecule has 0 saturated carbocycles. The molecule has 25 heavy (non-hydrogen) atoms. The lowest BCUT2D eigenvalue weighted by molar-refractivity contribution is 0.0829. The standard InChI is InChI=1S/C20H24N2O3/c1-5-8-16-10-11-17(18(13-16)24-4)25-14-20(23)22-12-7-6-9-19(22)21-15(2)3/h5-7,9-13,15H,1,8,14H2,2-4H3. The first-order chi connectivity index (χ1) is 12.0. The van der Waals surface area contributed by atoms with E-state index in [2.05, 4.69) is 11.6 Å². The van der Waals surface area contributed by atoms with E-state index in [1.54, 1.807) is 25.4 Å². The average Bonchev–Trinajstić information content (AvgIpc) is 2.60. The average molecular weight is 340 g/mol. The van der Waals surface area contributed by atoms with Crippen LogP contribution in [-0.4, -0.2) is 30.2 Å². The Kier molecular flexibility index (Phi) is 6.57. The van der Waals surface area contributed by atoms with E-state index in [1.165, 1.54) is 4.57 Å². The number of pyridine rings is 1. The molecule has 0 aliphatic rings. The van der Waals surface area contributed by atoms with Gasteiger partial charge in [0.05, 0.1) is 7.11 Å². The van der Waals surface area contributed by atoms with Gasteiger partial charge in [-0.2, -0.15) is 0 Å². The van der Waals surface area contributed by atoms with Gasteiger partial charge in [0, 0.05) is 12.2 Å². The van der Waals surface area contributed by atoms with Crippen LogP contribution in [-0.2, 0) is 6.42 Å². The highest BCUT2D eigenvalue weighted by Gasteiger charge is 2.10. The number of benzene rings is 1. The minimum atomic E-state index is -0.197. The molecule has 1 aromatic carbocycles. The molecule has 0 saturated heterocycles. The summed E-state index contributed by atoms with van der Waals surface area (Å²) in [5, 5.41) is 0. The monoisotopic (exact) mass is 340 g/mol. The van der Waals surface area contributed by atoms with Gasteiger partial charge in [-0.15, -0.1) is 6.58 Å². The summed E-state index contributed by atoms with van der Waals surface area (Å²) in [4.78, 5) is 17.0. The highest BCUT2D eigenvalue weighted by Crippen LogP contribution is 2.28. The van der Waals surface area contributed by atoms with Crippen molar-refractivity contribution in [2.45, 2.75) is 26.3 Å². The van der Waals surface area contributed by atoms with Crippen molar-refractivity contribution >= 4 is 5.91 Å². The minimum Gasteiger partial charge on any atom is -0.493 e. The molecule has 0 fully saturated rings. The molecule has 1 heterocycles. The molecule has 0 bridgehead atoms. The normalized spacial score (nSPS) is 11.4. The van der Waals surface area contributed by atoms with Gasteiger partial charge in [0.1, 0.15) is 5.49 Å². The number of rotatable bonds is 7. The molecule has 0 radical (unpaired) electrons. The Morgan fingerprint density at radius 1 is 1.28 bits per heavy atom. The summed E-state index contributed by atoms with van der Waals surface area (Å²) in [6.45, 7) is 7.56. The third-order valence-corrected chi connectivity index (χ3v) is 3.46. The van der Waals surface area contributed by atoms with Gasteiger partial charge in [-0.25, -0.2) is 0 Å². The van der Waals surface area contributed by atoms with Crippen molar-refractivity contribution in [2.75, 3.05) is 13.7 Å². The van der Waals surface area contributed by atoms with Gasteiger partial charge in [-0.1, -0.05) is 18.2 Å². The lowest BCUT2D eigenvalue weighted by atomic mass is 10.1. The summed E-state index contributed by atoms with van der Waals surface area (Å²) < 4.78 is 12.5. The third kappa shape index (κ3) is 5.08. The van der Waals surface area contributed by atoms with Crippen LogP contribution in [0.5, 0.6) is 11.5 Å². The van der Waals surface area contributed by atoms with E-state index >= 15 is 0 Å². The van der Waals surface area contributed by atoms with Gasteiger partial charge in [0.25, 0.3) is 5.91 Å². The van der Waals surface area contributed by atoms with Gasteiger partial charge in [-0.05, 0) is 50.1 Å². The highest BCUT2D eigenvalue weighted by atomic mass is 16.5. The Hall–Kier alpha value is -2.82. The van der Waals surface area contributed by atoms with Crippen molar-refractivity contribution in [1.82, 2.24) is 4.57 Å². The van der Waals surface area contributed by atoms with Crippen molar-refractivity contribution < 1.29 is 14.3 Å².